The van der Waals surface area contributed by atoms with Gasteiger partial charge in [0.2, 0.25) is 15.8 Å². The van der Waals surface area contributed by atoms with Crippen molar-refractivity contribution in [2.75, 3.05) is 17.6 Å². The van der Waals surface area contributed by atoms with Gasteiger partial charge in [-0.1, -0.05) is 41.6 Å². The van der Waals surface area contributed by atoms with E-state index in [1.807, 2.05) is 48.5 Å². The average molecular weight is 606 g/mol. The molecule has 226 valence electrons. The van der Waals surface area contributed by atoms with Gasteiger partial charge in [-0.3, -0.25) is 4.72 Å². The lowest BCUT2D eigenvalue weighted by Gasteiger charge is -2.30. The number of rotatable bonds is 8. The van der Waals surface area contributed by atoms with Crippen LogP contribution in [0.15, 0.2) is 53.1 Å². The first-order valence-corrected chi connectivity index (χ1v) is 15.8. The number of aliphatic carboxylic acids is 1. The lowest BCUT2D eigenvalue weighted by Crippen LogP contribution is -2.29. The molecule has 0 aliphatic carbocycles. The van der Waals surface area contributed by atoms with Gasteiger partial charge in [-0.05, 0) is 87.4 Å². The summed E-state index contributed by atoms with van der Waals surface area (Å²) in [6, 6.07) is 15.0. The Morgan fingerprint density at radius 1 is 1.05 bits per heavy atom. The van der Waals surface area contributed by atoms with Gasteiger partial charge in [0, 0.05) is 11.1 Å². The molecule has 10 nitrogen and oxygen atoms in total. The lowest BCUT2D eigenvalue weighted by atomic mass is 9.83. The van der Waals surface area contributed by atoms with Crippen LogP contribution in [-0.4, -0.2) is 48.1 Å². The Morgan fingerprint density at radius 2 is 1.77 bits per heavy atom. The van der Waals surface area contributed by atoms with Crippen LogP contribution < -0.4 is 9.46 Å². The summed E-state index contributed by atoms with van der Waals surface area (Å²) < 4.78 is 45.7. The number of nitrogens with zero attached hydrogens (tertiary/aromatic N) is 2. The third-order valence-electron chi connectivity index (χ3n) is 7.16. The molecular formula is C32H35N3O7S. The SMILES string of the molecule is Cc1c(-c2nc(-c3ccccc3)no2)c(NS(C)(=O)=O)c(C)c(C(OC(C)(C)C)C(=O)O)c1-c1ccc2c(c1)CCCO2. The molecule has 1 aliphatic heterocycles. The summed E-state index contributed by atoms with van der Waals surface area (Å²) in [6.45, 7) is 9.41. The Balaban J connectivity index is 1.86. The summed E-state index contributed by atoms with van der Waals surface area (Å²) in [5.41, 5.74) is 3.95. The van der Waals surface area contributed by atoms with Crippen molar-refractivity contribution in [2.45, 2.75) is 59.2 Å². The first kappa shape index (κ1) is 30.2. The Hall–Kier alpha value is -4.22. The fraction of sp³-hybridized carbons (Fsp3) is 0.344. The molecule has 2 heterocycles. The maximum absolute atomic E-state index is 12.8. The van der Waals surface area contributed by atoms with Crippen molar-refractivity contribution in [1.29, 1.82) is 0 Å². The predicted molar refractivity (Wildman–Crippen MR) is 164 cm³/mol. The average Bonchev–Trinajstić information content (AvgIpc) is 3.42. The van der Waals surface area contributed by atoms with Crippen LogP contribution in [0.2, 0.25) is 0 Å². The molecule has 11 heteroatoms. The van der Waals surface area contributed by atoms with Gasteiger partial charge >= 0.3 is 5.97 Å². The monoisotopic (exact) mass is 605 g/mol. The molecule has 0 bridgehead atoms. The number of carbonyl (C=O) groups is 1. The maximum atomic E-state index is 12.8. The van der Waals surface area contributed by atoms with E-state index in [1.54, 1.807) is 34.6 Å². The maximum Gasteiger partial charge on any atom is 0.337 e. The molecule has 0 saturated heterocycles. The zero-order valence-electron chi connectivity index (χ0n) is 25.0. The molecule has 4 aromatic rings. The van der Waals surface area contributed by atoms with Crippen molar-refractivity contribution in [3.05, 3.63) is 70.8 Å². The van der Waals surface area contributed by atoms with Crippen molar-refractivity contribution in [1.82, 2.24) is 10.1 Å². The van der Waals surface area contributed by atoms with Gasteiger partial charge in [0.15, 0.2) is 6.10 Å². The van der Waals surface area contributed by atoms with E-state index in [2.05, 4.69) is 14.9 Å². The van der Waals surface area contributed by atoms with E-state index >= 15 is 0 Å². The highest BCUT2D eigenvalue weighted by Crippen LogP contribution is 2.47. The highest BCUT2D eigenvalue weighted by atomic mass is 32.2. The van der Waals surface area contributed by atoms with Gasteiger partial charge in [0.05, 0.1) is 29.7 Å². The number of anilines is 1. The highest BCUT2D eigenvalue weighted by Gasteiger charge is 2.35. The Bertz CT molecular complexity index is 1790. The number of ether oxygens (including phenoxy) is 2. The number of fused-ring (bicyclic) bond motifs is 1. The Labute approximate surface area is 251 Å². The molecule has 3 aromatic carbocycles. The summed E-state index contributed by atoms with van der Waals surface area (Å²) in [4.78, 5) is 17.5. The number of aromatic nitrogens is 2. The predicted octanol–water partition coefficient (Wildman–Crippen LogP) is 6.32. The molecule has 2 N–H and O–H groups in total. The number of aryl methyl sites for hydroxylation is 1. The normalized spacial score (nSPS) is 14.1. The van der Waals surface area contributed by atoms with Crippen molar-refractivity contribution < 1.29 is 32.3 Å². The first-order valence-electron chi connectivity index (χ1n) is 13.9. The van der Waals surface area contributed by atoms with Crippen LogP contribution in [0.4, 0.5) is 5.69 Å². The Kier molecular flexibility index (Phi) is 8.06. The van der Waals surface area contributed by atoms with Crippen molar-refractivity contribution in [3.63, 3.8) is 0 Å². The van der Waals surface area contributed by atoms with Gasteiger partial charge in [-0.25, -0.2) is 13.2 Å². The van der Waals surface area contributed by atoms with Crippen LogP contribution in [0.25, 0.3) is 34.0 Å². The molecule has 5 rings (SSSR count). The van der Waals surface area contributed by atoms with E-state index in [9.17, 15) is 18.3 Å². The standard InChI is InChI=1S/C32H35N3O7S/c1-18-24(22-14-15-23-21(17-22)13-10-16-40-23)25(28(31(36)37)41-32(3,4)5)19(2)27(35-43(6,38)39)26(18)30-33-29(34-42-30)20-11-8-7-9-12-20/h7-9,11-12,14-15,17,28,35H,10,13,16H2,1-6H3,(H,36,37). The summed E-state index contributed by atoms with van der Waals surface area (Å²) in [5.74, 6) is -0.00822. The lowest BCUT2D eigenvalue weighted by molar-refractivity contribution is -0.160. The second kappa shape index (κ2) is 11.5. The van der Waals surface area contributed by atoms with Crippen LogP contribution in [0.3, 0.4) is 0 Å². The van der Waals surface area contributed by atoms with E-state index < -0.39 is 27.7 Å². The fourth-order valence-electron chi connectivity index (χ4n) is 5.44. The zero-order chi connectivity index (χ0) is 31.1. The zero-order valence-corrected chi connectivity index (χ0v) is 25.8. The summed E-state index contributed by atoms with van der Waals surface area (Å²) in [5, 5.41) is 14.7. The number of benzene rings is 3. The van der Waals surface area contributed by atoms with E-state index in [0.717, 1.165) is 41.5 Å². The van der Waals surface area contributed by atoms with Gasteiger partial charge < -0.3 is 19.1 Å². The highest BCUT2D eigenvalue weighted by molar-refractivity contribution is 7.92. The minimum absolute atomic E-state index is 0.0864. The minimum atomic E-state index is -3.82. The molecule has 0 saturated carbocycles. The van der Waals surface area contributed by atoms with Gasteiger partial charge in [-0.15, -0.1) is 0 Å². The molecule has 43 heavy (non-hydrogen) atoms. The molecular weight excluding hydrogens is 570 g/mol. The number of sulfonamides is 1. The number of nitrogens with one attached hydrogen (secondary N) is 1. The van der Waals surface area contributed by atoms with Gasteiger partial charge in [0.1, 0.15) is 5.75 Å². The summed E-state index contributed by atoms with van der Waals surface area (Å²) in [7, 11) is -3.82. The topological polar surface area (TPSA) is 141 Å². The minimum Gasteiger partial charge on any atom is -0.493 e. The molecule has 0 fully saturated rings. The van der Waals surface area contributed by atoms with E-state index in [0.29, 0.717) is 40.2 Å². The van der Waals surface area contributed by atoms with Gasteiger partial charge in [-0.2, -0.15) is 4.98 Å². The van der Waals surface area contributed by atoms with Crippen LogP contribution in [-0.2, 0) is 26.0 Å². The molecule has 1 atom stereocenters. The van der Waals surface area contributed by atoms with E-state index in [1.165, 1.54) is 0 Å². The van der Waals surface area contributed by atoms with E-state index in [4.69, 9.17) is 14.0 Å². The molecule has 0 spiro atoms. The fourth-order valence-corrected chi connectivity index (χ4v) is 6.06. The molecule has 0 amide bonds. The molecule has 0 radical (unpaired) electrons. The second-order valence-electron chi connectivity index (χ2n) is 11.7. The number of hydrogen-bond donors (Lipinski definition) is 2. The number of hydrogen-bond acceptors (Lipinski definition) is 8. The molecule has 1 aliphatic rings. The van der Waals surface area contributed by atoms with Crippen LogP contribution in [0.1, 0.15) is 55.5 Å². The van der Waals surface area contributed by atoms with Crippen LogP contribution >= 0.6 is 0 Å². The van der Waals surface area contributed by atoms with E-state index in [-0.39, 0.29) is 11.6 Å². The van der Waals surface area contributed by atoms with Crippen molar-refractivity contribution >= 4 is 21.7 Å². The third-order valence-corrected chi connectivity index (χ3v) is 7.74. The number of carboxylic acids is 1. The summed E-state index contributed by atoms with van der Waals surface area (Å²) in [6.07, 6.45) is 1.28. The first-order chi connectivity index (χ1) is 20.2. The van der Waals surface area contributed by atoms with Gasteiger partial charge in [0.25, 0.3) is 5.89 Å². The quantitative estimate of drug-likeness (QED) is 0.236. The second-order valence-corrected chi connectivity index (χ2v) is 13.4. The molecule has 1 unspecified atom stereocenters. The van der Waals surface area contributed by atoms with Crippen molar-refractivity contribution in [2.24, 2.45) is 0 Å². The molecule has 1 aromatic heterocycles. The smallest absolute Gasteiger partial charge is 0.337 e. The van der Waals surface area contributed by atoms with Crippen molar-refractivity contribution in [3.8, 4) is 39.7 Å². The number of carboxylic acid groups (broad SMARTS) is 1. The third kappa shape index (κ3) is 6.42. The Morgan fingerprint density at radius 3 is 2.42 bits per heavy atom. The van der Waals surface area contributed by atoms with Crippen LogP contribution in [0.5, 0.6) is 5.75 Å². The van der Waals surface area contributed by atoms with Crippen LogP contribution in [0, 0.1) is 13.8 Å². The summed E-state index contributed by atoms with van der Waals surface area (Å²) >= 11 is 0. The largest absolute Gasteiger partial charge is 0.493 e.